The van der Waals surface area contributed by atoms with E-state index in [1.165, 1.54) is 0 Å². The Bertz CT molecular complexity index is 523. The maximum absolute atomic E-state index is 13.5. The van der Waals surface area contributed by atoms with Crippen LogP contribution in [0.2, 0.25) is 0 Å². The minimum Gasteiger partial charge on any atom is -0.355 e. The smallest absolute Gasteiger partial charge is 0.224 e. The van der Waals surface area contributed by atoms with Gasteiger partial charge in [-0.1, -0.05) is 12.8 Å². The summed E-state index contributed by atoms with van der Waals surface area (Å²) >= 11 is 0. The predicted molar refractivity (Wildman–Crippen MR) is 84.9 cm³/mol. The lowest BCUT2D eigenvalue weighted by Gasteiger charge is -2.37. The van der Waals surface area contributed by atoms with Crippen molar-refractivity contribution in [3.05, 3.63) is 35.4 Å². The maximum Gasteiger partial charge on any atom is 0.224 e. The molecule has 0 radical (unpaired) electrons. The van der Waals surface area contributed by atoms with Crippen LogP contribution in [0.5, 0.6) is 0 Å². The van der Waals surface area contributed by atoms with Crippen molar-refractivity contribution in [2.45, 2.75) is 44.6 Å². The number of rotatable bonds is 4. The molecule has 1 aromatic rings. The summed E-state index contributed by atoms with van der Waals surface area (Å²) in [5.41, 5.74) is 5.97. The number of nitrogens with two attached hydrogens (primary N) is 1. The minimum atomic E-state index is -0.480. The highest BCUT2D eigenvalue weighted by Crippen LogP contribution is 2.31. The molecule has 124 valence electrons. The summed E-state index contributed by atoms with van der Waals surface area (Å²) in [6.07, 6.45) is 3.94. The van der Waals surface area contributed by atoms with Crippen LogP contribution in [0.4, 0.5) is 8.78 Å². The summed E-state index contributed by atoms with van der Waals surface area (Å²) in [6, 6.07) is 3.35. The Hall–Kier alpha value is -1.20. The molecule has 1 aliphatic rings. The van der Waals surface area contributed by atoms with Gasteiger partial charge in [-0.15, -0.1) is 12.4 Å². The third-order valence-electron chi connectivity index (χ3n) is 4.27. The highest BCUT2D eigenvalue weighted by atomic mass is 35.5. The van der Waals surface area contributed by atoms with Crippen LogP contribution in [0.25, 0.3) is 0 Å². The van der Waals surface area contributed by atoms with Gasteiger partial charge < -0.3 is 11.1 Å². The van der Waals surface area contributed by atoms with E-state index in [-0.39, 0.29) is 42.8 Å². The molecule has 1 aliphatic carbocycles. The molecule has 0 heterocycles. The van der Waals surface area contributed by atoms with Crippen molar-refractivity contribution < 1.29 is 13.6 Å². The fourth-order valence-electron chi connectivity index (χ4n) is 2.97. The van der Waals surface area contributed by atoms with Gasteiger partial charge in [0.15, 0.2) is 0 Å². The van der Waals surface area contributed by atoms with Crippen molar-refractivity contribution in [3.8, 4) is 0 Å². The number of amides is 1. The van der Waals surface area contributed by atoms with Gasteiger partial charge in [0.2, 0.25) is 5.91 Å². The average molecular weight is 333 g/mol. The predicted octanol–water partition coefficient (Wildman–Crippen LogP) is 2.95. The fourth-order valence-corrected chi connectivity index (χ4v) is 2.97. The topological polar surface area (TPSA) is 55.1 Å². The molecule has 1 saturated carbocycles. The molecule has 22 heavy (non-hydrogen) atoms. The summed E-state index contributed by atoms with van der Waals surface area (Å²) in [6.45, 7) is 2.19. The van der Waals surface area contributed by atoms with Crippen LogP contribution in [0, 0.1) is 17.6 Å². The molecule has 1 fully saturated rings. The second kappa shape index (κ2) is 7.88. The van der Waals surface area contributed by atoms with Crippen LogP contribution in [-0.4, -0.2) is 18.0 Å². The summed E-state index contributed by atoms with van der Waals surface area (Å²) in [7, 11) is 0. The molecule has 2 unspecified atom stereocenters. The molecule has 1 amide bonds. The first kappa shape index (κ1) is 18.8. The molecule has 0 aromatic heterocycles. The summed E-state index contributed by atoms with van der Waals surface area (Å²) < 4.78 is 26.5. The van der Waals surface area contributed by atoms with E-state index in [4.69, 9.17) is 5.73 Å². The van der Waals surface area contributed by atoms with Crippen LogP contribution in [0.3, 0.4) is 0 Å². The first-order chi connectivity index (χ1) is 9.90. The highest BCUT2D eigenvalue weighted by molar-refractivity contribution is 5.85. The van der Waals surface area contributed by atoms with Gasteiger partial charge in [0.1, 0.15) is 11.6 Å². The van der Waals surface area contributed by atoms with Crippen molar-refractivity contribution >= 4 is 18.3 Å². The highest BCUT2D eigenvalue weighted by Gasteiger charge is 2.37. The normalized spacial score (nSPS) is 24.5. The quantitative estimate of drug-likeness (QED) is 0.890. The van der Waals surface area contributed by atoms with Gasteiger partial charge in [-0.2, -0.15) is 0 Å². The number of carbonyl (C=O) groups excluding carboxylic acids is 1. The Morgan fingerprint density at radius 2 is 2.14 bits per heavy atom. The average Bonchev–Trinajstić information content (AvgIpc) is 2.42. The van der Waals surface area contributed by atoms with Gasteiger partial charge in [0, 0.05) is 12.1 Å². The molecule has 0 aliphatic heterocycles. The molecule has 0 bridgehead atoms. The lowest BCUT2D eigenvalue weighted by molar-refractivity contribution is -0.128. The molecular weight excluding hydrogens is 310 g/mol. The Kier molecular flexibility index (Phi) is 6.75. The van der Waals surface area contributed by atoms with E-state index in [1.54, 1.807) is 0 Å². The molecule has 2 rings (SSSR count). The maximum atomic E-state index is 13.5. The third kappa shape index (κ3) is 4.65. The molecule has 1 aromatic carbocycles. The second-order valence-corrected chi connectivity index (χ2v) is 6.08. The van der Waals surface area contributed by atoms with E-state index in [1.807, 2.05) is 6.92 Å². The molecule has 0 spiro atoms. The van der Waals surface area contributed by atoms with Crippen molar-refractivity contribution in [1.82, 2.24) is 5.32 Å². The van der Waals surface area contributed by atoms with Gasteiger partial charge in [0.25, 0.3) is 0 Å². The van der Waals surface area contributed by atoms with Gasteiger partial charge in [-0.05, 0) is 49.9 Å². The zero-order chi connectivity index (χ0) is 15.5. The first-order valence-corrected chi connectivity index (χ1v) is 7.41. The molecule has 2 atom stereocenters. The van der Waals surface area contributed by atoms with E-state index in [9.17, 15) is 13.6 Å². The Labute approximate surface area is 136 Å². The number of nitrogens with one attached hydrogen (secondary N) is 1. The van der Waals surface area contributed by atoms with Crippen molar-refractivity contribution in [2.75, 3.05) is 6.54 Å². The Balaban J connectivity index is 0.00000242. The van der Waals surface area contributed by atoms with Crippen LogP contribution in [0.1, 0.15) is 38.2 Å². The van der Waals surface area contributed by atoms with E-state index in [0.717, 1.165) is 43.9 Å². The number of hydrogen-bond donors (Lipinski definition) is 2. The van der Waals surface area contributed by atoms with Crippen LogP contribution in [0.15, 0.2) is 18.2 Å². The molecular formula is C16H23ClF2N2O. The lowest BCUT2D eigenvalue weighted by atomic mass is 9.74. The van der Waals surface area contributed by atoms with Crippen molar-refractivity contribution in [2.24, 2.45) is 11.7 Å². The molecule has 3 N–H and O–H groups in total. The van der Waals surface area contributed by atoms with Crippen molar-refractivity contribution in [1.29, 1.82) is 0 Å². The van der Waals surface area contributed by atoms with E-state index >= 15 is 0 Å². The number of carbonyl (C=O) groups is 1. The molecule has 0 saturated heterocycles. The van der Waals surface area contributed by atoms with Crippen molar-refractivity contribution in [3.63, 3.8) is 0 Å². The SMILES string of the molecule is CC1(N)CCCCC1C(=O)NCCc1cc(F)ccc1F.Cl. The number of benzene rings is 1. The monoisotopic (exact) mass is 332 g/mol. The second-order valence-electron chi connectivity index (χ2n) is 6.08. The van der Waals surface area contributed by atoms with E-state index in [0.29, 0.717) is 0 Å². The van der Waals surface area contributed by atoms with Gasteiger partial charge in [0.05, 0.1) is 5.92 Å². The Morgan fingerprint density at radius 1 is 1.41 bits per heavy atom. The standard InChI is InChI=1S/C16H22F2N2O.ClH/c1-16(19)8-3-2-4-13(16)15(21)20-9-7-11-10-12(17)5-6-14(11)18;/h5-6,10,13H,2-4,7-9,19H2,1H3,(H,20,21);1H. The molecule has 3 nitrogen and oxygen atoms in total. The van der Waals surface area contributed by atoms with E-state index < -0.39 is 17.2 Å². The summed E-state index contributed by atoms with van der Waals surface area (Å²) in [5.74, 6) is -1.22. The van der Waals surface area contributed by atoms with Gasteiger partial charge in [-0.25, -0.2) is 8.78 Å². The number of halogens is 3. The van der Waals surface area contributed by atoms with Crippen LogP contribution < -0.4 is 11.1 Å². The number of hydrogen-bond acceptors (Lipinski definition) is 2. The van der Waals surface area contributed by atoms with Gasteiger partial charge in [-0.3, -0.25) is 4.79 Å². The summed E-state index contributed by atoms with van der Waals surface area (Å²) in [5, 5.41) is 2.80. The fraction of sp³-hybridized carbons (Fsp3) is 0.562. The van der Waals surface area contributed by atoms with E-state index in [2.05, 4.69) is 5.32 Å². The minimum absolute atomic E-state index is 0. The largest absolute Gasteiger partial charge is 0.355 e. The van der Waals surface area contributed by atoms with Crippen LogP contribution in [-0.2, 0) is 11.2 Å². The van der Waals surface area contributed by atoms with Crippen LogP contribution >= 0.6 is 12.4 Å². The van der Waals surface area contributed by atoms with Gasteiger partial charge >= 0.3 is 0 Å². The third-order valence-corrected chi connectivity index (χ3v) is 4.27. The summed E-state index contributed by atoms with van der Waals surface area (Å²) in [4.78, 5) is 12.2. The first-order valence-electron chi connectivity index (χ1n) is 7.41. The lowest BCUT2D eigenvalue weighted by Crippen LogP contribution is -2.53. The Morgan fingerprint density at radius 3 is 2.82 bits per heavy atom. The zero-order valence-electron chi connectivity index (χ0n) is 12.7. The molecule has 6 heteroatoms. The zero-order valence-corrected chi connectivity index (χ0v) is 13.5.